The van der Waals surface area contributed by atoms with Gasteiger partial charge in [-0.3, -0.25) is 0 Å². The van der Waals surface area contributed by atoms with Crippen LogP contribution in [0.2, 0.25) is 0 Å². The Bertz CT molecular complexity index is 1230. The second-order valence-electron chi connectivity index (χ2n) is 10.5. The van der Waals surface area contributed by atoms with Crippen LogP contribution in [0.3, 0.4) is 0 Å². The number of hydrogen-bond donors (Lipinski definition) is 1. The second-order valence-corrected chi connectivity index (χ2v) is 10.5. The Balaban J connectivity index is 0.000000390. The molecule has 0 atom stereocenters. The quantitative estimate of drug-likeness (QED) is 0.241. The van der Waals surface area contributed by atoms with Gasteiger partial charge in [0.05, 0.1) is 13.7 Å². The van der Waals surface area contributed by atoms with Crippen LogP contribution in [-0.2, 0) is 24.1 Å². The Morgan fingerprint density at radius 1 is 0.905 bits per heavy atom. The van der Waals surface area contributed by atoms with Crippen molar-refractivity contribution in [1.29, 1.82) is 0 Å². The fourth-order valence-corrected chi connectivity index (χ4v) is 4.71. The topological polar surface area (TPSA) is 54.4 Å². The van der Waals surface area contributed by atoms with Crippen molar-refractivity contribution >= 4 is 5.69 Å². The van der Waals surface area contributed by atoms with Crippen molar-refractivity contribution in [3.8, 4) is 30.1 Å². The van der Waals surface area contributed by atoms with Crippen molar-refractivity contribution in [3.63, 3.8) is 0 Å². The number of aryl methyl sites for hydroxylation is 2. The molecule has 228 valence electrons. The maximum absolute atomic E-state index is 14.6. The Morgan fingerprint density at radius 3 is 2.29 bits per heavy atom. The Morgan fingerprint density at radius 2 is 1.62 bits per heavy atom. The molecule has 0 bridgehead atoms. The number of rotatable bonds is 12. The molecule has 3 aromatic rings. The number of nitrogens with zero attached hydrogens (tertiary/aromatic N) is 2. The van der Waals surface area contributed by atoms with Crippen LogP contribution in [0.1, 0.15) is 43.4 Å². The van der Waals surface area contributed by atoms with E-state index in [0.717, 1.165) is 30.0 Å². The number of methoxy groups -OCH3 is 2. The van der Waals surface area contributed by atoms with Crippen LogP contribution < -0.4 is 14.4 Å². The molecule has 0 spiro atoms. The Hall–Kier alpha value is -3.73. The third kappa shape index (κ3) is 11.3. The first kappa shape index (κ1) is 34.5. The molecular formula is C35H47FN2O4. The van der Waals surface area contributed by atoms with Gasteiger partial charge in [0.2, 0.25) is 0 Å². The minimum atomic E-state index is -0.337. The third-order valence-electron chi connectivity index (χ3n) is 7.10. The van der Waals surface area contributed by atoms with Gasteiger partial charge in [-0.2, -0.15) is 0 Å². The lowest BCUT2D eigenvalue weighted by atomic mass is 9.92. The van der Waals surface area contributed by atoms with E-state index in [4.69, 9.17) is 14.2 Å². The van der Waals surface area contributed by atoms with Gasteiger partial charge >= 0.3 is 0 Å². The maximum atomic E-state index is 14.6. The summed E-state index contributed by atoms with van der Waals surface area (Å²) in [7, 11) is 5.32. The number of phenols is 1. The molecular weight excluding hydrogens is 531 g/mol. The van der Waals surface area contributed by atoms with Gasteiger partial charge in [0.15, 0.2) is 11.6 Å². The van der Waals surface area contributed by atoms with Crippen LogP contribution in [0.25, 0.3) is 0 Å². The van der Waals surface area contributed by atoms with Gasteiger partial charge in [-0.05, 0) is 99.7 Å². The zero-order valence-corrected chi connectivity index (χ0v) is 25.8. The largest absolute Gasteiger partial charge is 0.508 e. The summed E-state index contributed by atoms with van der Waals surface area (Å²) in [5.74, 6) is 1.16. The Kier molecular flexibility index (Phi) is 15.3. The molecule has 3 aromatic carbocycles. The van der Waals surface area contributed by atoms with Crippen LogP contribution in [-0.4, -0.2) is 63.6 Å². The standard InChI is InChI=1S/C23H33FN2O3.C10H12O.C2H2/c1-18(2)26(20-7-6-8-21(16-20)28-5)17-19-9-10-23(22(24)15-19)29-14-12-25(3)11-13-27-4;11-10-6-5-8-3-1-2-4-9(8)7-10;1-2/h6-10,15-16,18H,11-14,17H2,1-5H3;5-7,11H,1-4H2;1-2H. The van der Waals surface area contributed by atoms with Gasteiger partial charge in [-0.25, -0.2) is 4.39 Å². The molecule has 1 aliphatic rings. The van der Waals surface area contributed by atoms with Gasteiger partial charge in [0.25, 0.3) is 0 Å². The second kappa shape index (κ2) is 18.7. The van der Waals surface area contributed by atoms with Crippen molar-refractivity contribution in [3.05, 3.63) is 83.2 Å². The molecule has 42 heavy (non-hydrogen) atoms. The van der Waals surface area contributed by atoms with Crippen LogP contribution in [0.4, 0.5) is 10.1 Å². The zero-order valence-electron chi connectivity index (χ0n) is 25.8. The van der Waals surface area contributed by atoms with E-state index in [9.17, 15) is 9.50 Å². The minimum absolute atomic E-state index is 0.253. The summed E-state index contributed by atoms with van der Waals surface area (Å²) < 4.78 is 30.6. The molecule has 6 nitrogen and oxygen atoms in total. The number of benzene rings is 3. The molecule has 1 N–H and O–H groups in total. The number of hydrogen-bond acceptors (Lipinski definition) is 6. The SMILES string of the molecule is C#C.COCCN(C)CCOc1ccc(CN(c2cccc(OC)c2)C(C)C)cc1F.Oc1ccc2c(c1)CCCC2. The van der Waals surface area contributed by atoms with E-state index in [0.29, 0.717) is 32.1 Å². The average Bonchev–Trinajstić information content (AvgIpc) is 3.01. The highest BCUT2D eigenvalue weighted by molar-refractivity contribution is 5.52. The predicted octanol–water partition coefficient (Wildman–Crippen LogP) is 6.73. The number of aromatic hydroxyl groups is 1. The summed E-state index contributed by atoms with van der Waals surface area (Å²) in [4.78, 5) is 4.30. The molecule has 0 saturated heterocycles. The van der Waals surface area contributed by atoms with Crippen molar-refractivity contribution in [2.45, 2.75) is 52.1 Å². The number of phenolic OH excluding ortho intramolecular Hbond substituents is 1. The van der Waals surface area contributed by atoms with E-state index < -0.39 is 0 Å². The monoisotopic (exact) mass is 578 g/mol. The van der Waals surface area contributed by atoms with Crippen LogP contribution in [0, 0.1) is 18.7 Å². The van der Waals surface area contributed by atoms with E-state index in [1.165, 1.54) is 30.4 Å². The average molecular weight is 579 g/mol. The smallest absolute Gasteiger partial charge is 0.165 e. The highest BCUT2D eigenvalue weighted by atomic mass is 19.1. The minimum Gasteiger partial charge on any atom is -0.508 e. The molecule has 0 heterocycles. The van der Waals surface area contributed by atoms with Gasteiger partial charge in [-0.1, -0.05) is 18.2 Å². The van der Waals surface area contributed by atoms with E-state index in [2.05, 4.69) is 36.5 Å². The zero-order chi connectivity index (χ0) is 30.9. The van der Waals surface area contributed by atoms with Crippen molar-refractivity contribution < 1.29 is 23.7 Å². The molecule has 0 aliphatic heterocycles. The van der Waals surface area contributed by atoms with E-state index in [1.807, 2.05) is 49.5 Å². The molecule has 0 amide bonds. The fourth-order valence-electron chi connectivity index (χ4n) is 4.71. The summed E-state index contributed by atoms with van der Waals surface area (Å²) in [6.45, 7) is 7.46. The lowest BCUT2D eigenvalue weighted by Gasteiger charge is -2.29. The van der Waals surface area contributed by atoms with Crippen molar-refractivity contribution in [2.24, 2.45) is 0 Å². The lowest BCUT2D eigenvalue weighted by Crippen LogP contribution is -2.30. The summed E-state index contributed by atoms with van der Waals surface area (Å²) >= 11 is 0. The first-order chi connectivity index (χ1) is 20.3. The molecule has 1 aliphatic carbocycles. The first-order valence-corrected chi connectivity index (χ1v) is 14.4. The number of terminal acetylenes is 1. The number of likely N-dealkylation sites (N-methyl/N-ethyl adjacent to an activating group) is 1. The molecule has 0 unspecified atom stereocenters. The number of fused-ring (bicyclic) bond motifs is 1. The third-order valence-corrected chi connectivity index (χ3v) is 7.10. The van der Waals surface area contributed by atoms with Crippen molar-refractivity contribution in [2.75, 3.05) is 52.5 Å². The normalized spacial score (nSPS) is 12.0. The predicted molar refractivity (Wildman–Crippen MR) is 170 cm³/mol. The summed E-state index contributed by atoms with van der Waals surface area (Å²) in [6.07, 6.45) is 12.9. The van der Waals surface area contributed by atoms with E-state index in [-0.39, 0.29) is 17.6 Å². The Labute approximate surface area is 252 Å². The molecule has 7 heteroatoms. The van der Waals surface area contributed by atoms with Crippen LogP contribution in [0.5, 0.6) is 17.2 Å². The lowest BCUT2D eigenvalue weighted by molar-refractivity contribution is 0.149. The first-order valence-electron chi connectivity index (χ1n) is 14.4. The molecule has 0 radical (unpaired) electrons. The summed E-state index contributed by atoms with van der Waals surface area (Å²) in [5.41, 5.74) is 4.70. The molecule has 0 fully saturated rings. The summed E-state index contributed by atoms with van der Waals surface area (Å²) in [5, 5.41) is 9.19. The highest BCUT2D eigenvalue weighted by Crippen LogP contribution is 2.27. The van der Waals surface area contributed by atoms with Gasteiger partial charge in [0, 0.05) is 44.5 Å². The molecule has 0 aromatic heterocycles. The fraction of sp³-hybridized carbons (Fsp3) is 0.429. The van der Waals surface area contributed by atoms with Gasteiger partial charge < -0.3 is 29.1 Å². The molecule has 0 saturated carbocycles. The van der Waals surface area contributed by atoms with E-state index in [1.54, 1.807) is 32.4 Å². The summed E-state index contributed by atoms with van der Waals surface area (Å²) in [6, 6.07) is 19.1. The number of halogens is 1. The van der Waals surface area contributed by atoms with Crippen LogP contribution >= 0.6 is 0 Å². The van der Waals surface area contributed by atoms with Crippen molar-refractivity contribution in [1.82, 2.24) is 4.90 Å². The number of ether oxygens (including phenoxy) is 3. The maximum Gasteiger partial charge on any atom is 0.165 e. The van der Waals surface area contributed by atoms with Gasteiger partial charge in [0.1, 0.15) is 18.1 Å². The molecule has 4 rings (SSSR count). The van der Waals surface area contributed by atoms with E-state index >= 15 is 0 Å². The highest BCUT2D eigenvalue weighted by Gasteiger charge is 2.14. The van der Waals surface area contributed by atoms with Crippen LogP contribution in [0.15, 0.2) is 60.7 Å². The van der Waals surface area contributed by atoms with Gasteiger partial charge in [-0.15, -0.1) is 12.8 Å². The number of anilines is 1.